The molecule has 0 spiro atoms. The van der Waals surface area contributed by atoms with Crippen molar-refractivity contribution < 1.29 is 28.5 Å². The van der Waals surface area contributed by atoms with Crippen molar-refractivity contribution in [2.75, 3.05) is 47.6 Å². The summed E-state index contributed by atoms with van der Waals surface area (Å²) in [5, 5.41) is 0.844. The first-order valence-electron chi connectivity index (χ1n) is 9.28. The summed E-state index contributed by atoms with van der Waals surface area (Å²) < 4.78 is 20.8. The van der Waals surface area contributed by atoms with Gasteiger partial charge in [0.25, 0.3) is 0 Å². The maximum absolute atomic E-state index is 12.4. The van der Waals surface area contributed by atoms with Gasteiger partial charge in [-0.25, -0.2) is 9.59 Å². The van der Waals surface area contributed by atoms with E-state index in [1.807, 2.05) is 4.90 Å². The zero-order valence-electron chi connectivity index (χ0n) is 17.5. The van der Waals surface area contributed by atoms with Crippen LogP contribution in [0, 0.1) is 0 Å². The second kappa shape index (κ2) is 12.4. The van der Waals surface area contributed by atoms with Gasteiger partial charge in [-0.1, -0.05) is 46.4 Å². The Hall–Kier alpha value is -1.90. The van der Waals surface area contributed by atoms with Gasteiger partial charge < -0.3 is 18.9 Å². The molecule has 0 bridgehead atoms. The maximum Gasteiger partial charge on any atom is 0.343 e. The molecule has 0 radical (unpaired) electrons. The fraction of sp³-hybridized carbons (Fsp3) is 0.333. The minimum Gasteiger partial charge on any atom is -0.494 e. The van der Waals surface area contributed by atoms with E-state index in [4.69, 9.17) is 65.4 Å². The molecule has 174 valence electrons. The SMILES string of the molecule is COc1c(Cl)ccc(Cl)c1C(=O)OCCN(C)CCOC(=O)c1c(Cl)ccc(Cl)c1OC. The summed E-state index contributed by atoms with van der Waals surface area (Å²) in [5.41, 5.74) is 0.121. The average molecular weight is 525 g/mol. The van der Waals surface area contributed by atoms with Crippen LogP contribution in [0.2, 0.25) is 20.1 Å². The predicted molar refractivity (Wildman–Crippen MR) is 124 cm³/mol. The topological polar surface area (TPSA) is 74.3 Å². The lowest BCUT2D eigenvalue weighted by atomic mass is 10.2. The molecular formula is C21H21Cl4NO6. The normalized spacial score (nSPS) is 10.8. The molecule has 0 aliphatic carbocycles. The number of likely N-dealkylation sites (N-methyl/N-ethyl adjacent to an activating group) is 1. The number of halogens is 4. The highest BCUT2D eigenvalue weighted by molar-refractivity contribution is 6.37. The van der Waals surface area contributed by atoms with Crippen molar-refractivity contribution in [2.45, 2.75) is 0 Å². The number of rotatable bonds is 10. The van der Waals surface area contributed by atoms with Gasteiger partial charge in [0, 0.05) is 13.1 Å². The molecule has 0 aromatic heterocycles. The average Bonchev–Trinajstić information content (AvgIpc) is 2.76. The molecule has 0 saturated carbocycles. The van der Waals surface area contributed by atoms with Crippen molar-refractivity contribution in [2.24, 2.45) is 0 Å². The van der Waals surface area contributed by atoms with Gasteiger partial charge in [0.1, 0.15) is 24.3 Å². The smallest absolute Gasteiger partial charge is 0.343 e. The van der Waals surface area contributed by atoms with Crippen molar-refractivity contribution >= 4 is 58.3 Å². The Bertz CT molecular complexity index is 908. The van der Waals surface area contributed by atoms with Crippen LogP contribution in [0.1, 0.15) is 20.7 Å². The number of methoxy groups -OCH3 is 2. The molecule has 11 heteroatoms. The van der Waals surface area contributed by atoms with Gasteiger partial charge in [0.05, 0.1) is 34.3 Å². The highest BCUT2D eigenvalue weighted by Gasteiger charge is 2.22. The zero-order chi connectivity index (χ0) is 23.8. The van der Waals surface area contributed by atoms with Crippen molar-refractivity contribution in [3.8, 4) is 11.5 Å². The minimum absolute atomic E-state index is 0.0607. The number of carbonyl (C=O) groups is 2. The largest absolute Gasteiger partial charge is 0.494 e. The van der Waals surface area contributed by atoms with E-state index >= 15 is 0 Å². The Morgan fingerprint density at radius 3 is 1.41 bits per heavy atom. The molecule has 2 aromatic carbocycles. The Labute approximate surface area is 206 Å². The van der Waals surface area contributed by atoms with Crippen LogP contribution in [-0.4, -0.2) is 64.4 Å². The molecule has 0 N–H and O–H groups in total. The summed E-state index contributed by atoms with van der Waals surface area (Å²) >= 11 is 24.2. The highest BCUT2D eigenvalue weighted by Crippen LogP contribution is 2.35. The first-order chi connectivity index (χ1) is 15.2. The predicted octanol–water partition coefficient (Wildman–Crippen LogP) is 5.26. The third-order valence-corrected chi connectivity index (χ3v) is 5.57. The summed E-state index contributed by atoms with van der Waals surface area (Å²) in [5.74, 6) is -1.01. The number of ether oxygens (including phenoxy) is 4. The summed E-state index contributed by atoms with van der Waals surface area (Å²) in [6, 6.07) is 6.04. The number of hydrogen-bond donors (Lipinski definition) is 0. The van der Waals surface area contributed by atoms with Crippen LogP contribution in [0.3, 0.4) is 0 Å². The van der Waals surface area contributed by atoms with Gasteiger partial charge in [-0.05, 0) is 31.3 Å². The first kappa shape index (κ1) is 26.4. The zero-order valence-corrected chi connectivity index (χ0v) is 20.6. The van der Waals surface area contributed by atoms with Crippen LogP contribution in [0.5, 0.6) is 11.5 Å². The van der Waals surface area contributed by atoms with E-state index in [1.165, 1.54) is 38.5 Å². The molecule has 0 saturated heterocycles. The third kappa shape index (κ3) is 6.56. The first-order valence-corrected chi connectivity index (χ1v) is 10.8. The Morgan fingerprint density at radius 1 is 0.719 bits per heavy atom. The molecular weight excluding hydrogens is 504 g/mol. The molecule has 0 unspecified atom stereocenters. The number of benzene rings is 2. The third-order valence-electron chi connectivity index (χ3n) is 4.35. The summed E-state index contributed by atoms with van der Waals surface area (Å²) in [7, 11) is 4.55. The lowest BCUT2D eigenvalue weighted by molar-refractivity contribution is 0.0416. The second-order valence-corrected chi connectivity index (χ2v) is 8.08. The lowest BCUT2D eigenvalue weighted by Crippen LogP contribution is -2.28. The van der Waals surface area contributed by atoms with Crippen LogP contribution < -0.4 is 9.47 Å². The van der Waals surface area contributed by atoms with Gasteiger partial charge >= 0.3 is 11.9 Å². The molecule has 0 heterocycles. The fourth-order valence-corrected chi connectivity index (χ4v) is 3.61. The molecule has 0 amide bonds. The Kier molecular flexibility index (Phi) is 10.2. The van der Waals surface area contributed by atoms with Gasteiger partial charge in [0.15, 0.2) is 11.5 Å². The standard InChI is InChI=1S/C21H21Cl4NO6/c1-26(8-10-31-20(27)16-12(22)4-6-14(24)18(16)29-2)9-11-32-21(28)17-13(23)5-7-15(25)19(17)30-3/h4-7H,8-11H2,1-3H3. The molecule has 2 aromatic rings. The highest BCUT2D eigenvalue weighted by atomic mass is 35.5. The Balaban J connectivity index is 1.84. The van der Waals surface area contributed by atoms with Crippen LogP contribution in [0.25, 0.3) is 0 Å². The number of esters is 2. The fourth-order valence-electron chi connectivity index (χ4n) is 2.69. The molecule has 32 heavy (non-hydrogen) atoms. The molecule has 7 nitrogen and oxygen atoms in total. The summed E-state index contributed by atoms with van der Waals surface area (Å²) in [6.07, 6.45) is 0. The van der Waals surface area contributed by atoms with Crippen LogP contribution in [0.4, 0.5) is 0 Å². The second-order valence-electron chi connectivity index (χ2n) is 6.45. The minimum atomic E-state index is -0.656. The van der Waals surface area contributed by atoms with Crippen molar-refractivity contribution in [3.05, 3.63) is 55.5 Å². The van der Waals surface area contributed by atoms with Gasteiger partial charge in [-0.15, -0.1) is 0 Å². The molecule has 0 aliphatic heterocycles. The summed E-state index contributed by atoms with van der Waals surface area (Å²) in [4.78, 5) is 26.6. The van der Waals surface area contributed by atoms with Gasteiger partial charge in [-0.2, -0.15) is 0 Å². The van der Waals surface area contributed by atoms with Crippen LogP contribution in [0.15, 0.2) is 24.3 Å². The van der Waals surface area contributed by atoms with Crippen molar-refractivity contribution in [1.29, 1.82) is 0 Å². The van der Waals surface area contributed by atoms with E-state index in [2.05, 4.69) is 0 Å². The maximum atomic E-state index is 12.4. The lowest BCUT2D eigenvalue weighted by Gasteiger charge is -2.18. The van der Waals surface area contributed by atoms with E-state index in [1.54, 1.807) is 7.05 Å². The van der Waals surface area contributed by atoms with Crippen LogP contribution in [-0.2, 0) is 9.47 Å². The summed E-state index contributed by atoms with van der Waals surface area (Å²) in [6.45, 7) is 0.905. The molecule has 0 atom stereocenters. The molecule has 0 fully saturated rings. The number of nitrogens with zero attached hydrogens (tertiary/aromatic N) is 1. The number of hydrogen-bond acceptors (Lipinski definition) is 7. The van der Waals surface area contributed by atoms with Gasteiger partial charge in [0.2, 0.25) is 0 Å². The van der Waals surface area contributed by atoms with Crippen molar-refractivity contribution in [1.82, 2.24) is 4.90 Å². The van der Waals surface area contributed by atoms with E-state index in [9.17, 15) is 9.59 Å². The van der Waals surface area contributed by atoms with Crippen LogP contribution >= 0.6 is 46.4 Å². The van der Waals surface area contributed by atoms with E-state index in [0.29, 0.717) is 13.1 Å². The molecule has 2 rings (SSSR count). The Morgan fingerprint density at radius 2 is 1.06 bits per heavy atom. The quantitative estimate of drug-likeness (QED) is 0.392. The van der Waals surface area contributed by atoms with E-state index < -0.39 is 11.9 Å². The molecule has 0 aliphatic rings. The number of carbonyl (C=O) groups excluding carboxylic acids is 2. The van der Waals surface area contributed by atoms with Gasteiger partial charge in [-0.3, -0.25) is 4.90 Å². The van der Waals surface area contributed by atoms with E-state index in [0.717, 1.165) is 0 Å². The monoisotopic (exact) mass is 523 g/mol. The van der Waals surface area contributed by atoms with E-state index in [-0.39, 0.29) is 55.9 Å². The van der Waals surface area contributed by atoms with Crippen molar-refractivity contribution in [3.63, 3.8) is 0 Å².